The number of rotatable bonds is 8. The molecule has 0 saturated heterocycles. The summed E-state index contributed by atoms with van der Waals surface area (Å²) >= 11 is 0. The lowest BCUT2D eigenvalue weighted by Gasteiger charge is -2.27. The van der Waals surface area contributed by atoms with Crippen LogP contribution in [0.3, 0.4) is 0 Å². The van der Waals surface area contributed by atoms with Crippen LogP contribution in [0, 0.1) is 32.1 Å². The van der Waals surface area contributed by atoms with E-state index in [1.807, 2.05) is 57.2 Å². The minimum absolute atomic E-state index is 0.0108. The maximum atomic E-state index is 13.1. The van der Waals surface area contributed by atoms with Gasteiger partial charge in [0.15, 0.2) is 0 Å². The van der Waals surface area contributed by atoms with Crippen molar-refractivity contribution in [2.45, 2.75) is 52.9 Å². The summed E-state index contributed by atoms with van der Waals surface area (Å²) in [6, 6.07) is 18.9. The van der Waals surface area contributed by atoms with Crippen LogP contribution in [0.4, 0.5) is 0 Å². The molecule has 7 nitrogen and oxygen atoms in total. The molecule has 2 N–H and O–H groups in total. The predicted octanol–water partition coefficient (Wildman–Crippen LogP) is 7.36. The molecule has 1 unspecified atom stereocenters. The number of fused-ring (bicyclic) bond motifs is 2. The van der Waals surface area contributed by atoms with Crippen LogP contribution in [0.1, 0.15) is 70.5 Å². The number of hydrogen-bond donors (Lipinski definition) is 1. The highest BCUT2D eigenvalue weighted by Gasteiger charge is 2.31. The average Bonchev–Trinajstić information content (AvgIpc) is 3.25. The largest absolute Gasteiger partial charge is 0.494 e. The van der Waals surface area contributed by atoms with E-state index in [-0.39, 0.29) is 17.4 Å². The molecule has 3 aromatic carbocycles. The van der Waals surface area contributed by atoms with Crippen LogP contribution in [0.5, 0.6) is 17.2 Å². The van der Waals surface area contributed by atoms with Gasteiger partial charge in [-0.2, -0.15) is 5.26 Å². The molecule has 5 rings (SSSR count). The van der Waals surface area contributed by atoms with Crippen molar-refractivity contribution in [3.05, 3.63) is 99.6 Å². The smallest absolute Gasteiger partial charge is 0.379 e. The lowest BCUT2D eigenvalue weighted by Crippen LogP contribution is -2.21. The molecule has 1 atom stereocenters. The van der Waals surface area contributed by atoms with Gasteiger partial charge in [0.05, 0.1) is 12.5 Å². The predicted molar refractivity (Wildman–Crippen MR) is 153 cm³/mol. The fourth-order valence-electron chi connectivity index (χ4n) is 4.99. The van der Waals surface area contributed by atoms with Gasteiger partial charge in [-0.15, -0.1) is 0 Å². The molecule has 1 aliphatic rings. The number of allylic oxidation sites excluding steroid dienone is 1. The highest BCUT2D eigenvalue weighted by molar-refractivity contribution is 5.97. The molecule has 0 bridgehead atoms. The number of furan rings is 1. The van der Waals surface area contributed by atoms with E-state index in [4.69, 9.17) is 24.4 Å². The maximum Gasteiger partial charge on any atom is 0.379 e. The van der Waals surface area contributed by atoms with Gasteiger partial charge in [-0.05, 0) is 74.2 Å². The first kappa shape index (κ1) is 26.9. The zero-order valence-electron chi connectivity index (χ0n) is 23.2. The molecule has 0 aliphatic carbocycles. The summed E-state index contributed by atoms with van der Waals surface area (Å²) in [5.41, 5.74) is 11.7. The molecule has 2 heterocycles. The molecule has 1 aromatic heterocycles. The number of carbonyl (C=O) groups is 1. The van der Waals surface area contributed by atoms with Gasteiger partial charge in [-0.1, -0.05) is 38.0 Å². The number of nitrogens with two attached hydrogens (primary N) is 1. The van der Waals surface area contributed by atoms with Crippen molar-refractivity contribution in [2.75, 3.05) is 6.61 Å². The van der Waals surface area contributed by atoms with E-state index in [0.717, 1.165) is 58.2 Å². The van der Waals surface area contributed by atoms with Gasteiger partial charge in [0.2, 0.25) is 11.6 Å². The van der Waals surface area contributed by atoms with Crippen LogP contribution in [-0.4, -0.2) is 12.6 Å². The summed E-state index contributed by atoms with van der Waals surface area (Å²) in [7, 11) is 0. The fourth-order valence-corrected chi connectivity index (χ4v) is 4.99. The molecule has 204 valence electrons. The van der Waals surface area contributed by atoms with Crippen molar-refractivity contribution < 1.29 is 23.4 Å². The van der Waals surface area contributed by atoms with E-state index in [2.05, 4.69) is 13.0 Å². The van der Waals surface area contributed by atoms with Crippen molar-refractivity contribution in [3.8, 4) is 23.3 Å². The Bertz CT molecular complexity index is 1670. The Labute approximate surface area is 233 Å². The second kappa shape index (κ2) is 11.2. The normalized spacial score (nSPS) is 14.4. The first-order chi connectivity index (χ1) is 19.3. The Morgan fingerprint density at radius 1 is 1.02 bits per heavy atom. The van der Waals surface area contributed by atoms with Crippen LogP contribution in [0.2, 0.25) is 0 Å². The zero-order valence-corrected chi connectivity index (χ0v) is 23.2. The van der Waals surface area contributed by atoms with Crippen LogP contribution in [-0.2, 0) is 0 Å². The van der Waals surface area contributed by atoms with Crippen LogP contribution in [0.25, 0.3) is 11.0 Å². The number of hydrogen-bond acceptors (Lipinski definition) is 7. The lowest BCUT2D eigenvalue weighted by atomic mass is 9.83. The number of benzene rings is 3. The number of ether oxygens (including phenoxy) is 3. The summed E-state index contributed by atoms with van der Waals surface area (Å²) in [6.45, 7) is 8.64. The second-order valence-corrected chi connectivity index (χ2v) is 10.1. The Hall–Kier alpha value is -4.70. The van der Waals surface area contributed by atoms with Crippen molar-refractivity contribution >= 4 is 16.9 Å². The van der Waals surface area contributed by atoms with Gasteiger partial charge < -0.3 is 24.4 Å². The van der Waals surface area contributed by atoms with Gasteiger partial charge in [-0.25, -0.2) is 4.79 Å². The SMILES string of the molecule is CCCCCOc1cccc(C2C(C#N)=C(N)Oc3cc(OC(=O)c4oc5cc(C)c(C)cc5c4C)ccc32)c1. The molecule has 0 amide bonds. The Balaban J connectivity index is 1.43. The highest BCUT2D eigenvalue weighted by Crippen LogP contribution is 2.44. The number of nitrogens with zero attached hydrogens (tertiary/aromatic N) is 1. The third-order valence-electron chi connectivity index (χ3n) is 7.35. The summed E-state index contributed by atoms with van der Waals surface area (Å²) in [4.78, 5) is 13.1. The van der Waals surface area contributed by atoms with Gasteiger partial charge >= 0.3 is 5.97 Å². The van der Waals surface area contributed by atoms with E-state index in [9.17, 15) is 10.1 Å². The molecule has 40 heavy (non-hydrogen) atoms. The molecule has 7 heteroatoms. The average molecular weight is 537 g/mol. The first-order valence-corrected chi connectivity index (χ1v) is 13.5. The third-order valence-corrected chi connectivity index (χ3v) is 7.35. The monoisotopic (exact) mass is 536 g/mol. The van der Waals surface area contributed by atoms with Crippen LogP contribution < -0.4 is 19.9 Å². The maximum absolute atomic E-state index is 13.1. The van der Waals surface area contributed by atoms with Gasteiger partial charge in [-0.3, -0.25) is 0 Å². The van der Waals surface area contributed by atoms with Gasteiger partial charge in [0, 0.05) is 22.6 Å². The Morgan fingerprint density at radius 2 is 1.82 bits per heavy atom. The molecule has 4 aromatic rings. The lowest BCUT2D eigenvalue weighted by molar-refractivity contribution is 0.0702. The van der Waals surface area contributed by atoms with Crippen molar-refractivity contribution in [3.63, 3.8) is 0 Å². The number of aryl methyl sites for hydroxylation is 3. The van der Waals surface area contributed by atoms with Gasteiger partial charge in [0.25, 0.3) is 0 Å². The van der Waals surface area contributed by atoms with Crippen LogP contribution >= 0.6 is 0 Å². The van der Waals surface area contributed by atoms with E-state index >= 15 is 0 Å². The van der Waals surface area contributed by atoms with E-state index in [1.54, 1.807) is 18.2 Å². The van der Waals surface area contributed by atoms with E-state index < -0.39 is 11.9 Å². The number of esters is 1. The topological polar surface area (TPSA) is 108 Å². The van der Waals surface area contributed by atoms with Gasteiger partial charge in [0.1, 0.15) is 34.5 Å². The van der Waals surface area contributed by atoms with Crippen LogP contribution in [0.15, 0.2) is 70.5 Å². The van der Waals surface area contributed by atoms with E-state index in [0.29, 0.717) is 23.5 Å². The number of nitriles is 1. The number of carbonyl (C=O) groups excluding carboxylic acids is 1. The van der Waals surface area contributed by atoms with Crippen molar-refractivity contribution in [2.24, 2.45) is 5.73 Å². The van der Waals surface area contributed by atoms with Crippen molar-refractivity contribution in [1.82, 2.24) is 0 Å². The van der Waals surface area contributed by atoms with Crippen molar-refractivity contribution in [1.29, 1.82) is 5.26 Å². The standard InChI is InChI=1S/C33H32N2O5/c1-5-6-7-13-37-23-10-8-9-22(16-23)30-25-12-11-24(17-29(25)40-32(35)27(30)18-34)38-33(36)31-21(4)26-14-19(2)20(3)15-28(26)39-31/h8-12,14-17,30H,5-7,13,35H2,1-4H3. The highest BCUT2D eigenvalue weighted by atomic mass is 16.5. The summed E-state index contributed by atoms with van der Waals surface area (Å²) in [5, 5.41) is 10.8. The first-order valence-electron chi connectivity index (χ1n) is 13.5. The molecule has 0 saturated carbocycles. The third kappa shape index (κ3) is 5.13. The summed E-state index contributed by atoms with van der Waals surface area (Å²) in [6.07, 6.45) is 3.20. The minimum atomic E-state index is -0.606. The molecule has 1 aliphatic heterocycles. The Kier molecular flexibility index (Phi) is 7.52. The molecule has 0 fully saturated rings. The number of unbranched alkanes of at least 4 members (excludes halogenated alkanes) is 2. The minimum Gasteiger partial charge on any atom is -0.494 e. The molecular weight excluding hydrogens is 504 g/mol. The molecular formula is C33H32N2O5. The summed E-state index contributed by atoms with van der Waals surface area (Å²) < 4.78 is 23.3. The summed E-state index contributed by atoms with van der Waals surface area (Å²) in [5.74, 6) is 0.515. The fraction of sp³-hybridized carbons (Fsp3) is 0.273. The quantitative estimate of drug-likeness (QED) is 0.142. The molecule has 0 spiro atoms. The second-order valence-electron chi connectivity index (χ2n) is 10.1. The Morgan fingerprint density at radius 3 is 2.60 bits per heavy atom. The van der Waals surface area contributed by atoms with E-state index in [1.165, 1.54) is 0 Å². The zero-order chi connectivity index (χ0) is 28.4. The molecule has 0 radical (unpaired) electrons.